The maximum absolute atomic E-state index is 12.4. The molecule has 5 atom stereocenters. The van der Waals surface area contributed by atoms with E-state index in [1.54, 1.807) is 13.2 Å². The van der Waals surface area contributed by atoms with Gasteiger partial charge in [0.1, 0.15) is 11.6 Å². The highest BCUT2D eigenvalue weighted by Crippen LogP contribution is 2.78. The number of nitrogens with one attached hydrogen (secondary N) is 1. The van der Waals surface area contributed by atoms with Crippen molar-refractivity contribution in [2.45, 2.75) is 18.5 Å². The van der Waals surface area contributed by atoms with E-state index < -0.39 is 0 Å². The van der Waals surface area contributed by atoms with Crippen LogP contribution >= 0.6 is 0 Å². The monoisotopic (exact) mass is 379 g/mol. The lowest BCUT2D eigenvalue weighted by molar-refractivity contribution is 0.122. The van der Waals surface area contributed by atoms with Gasteiger partial charge in [0, 0.05) is 43.0 Å². The predicted octanol–water partition coefficient (Wildman–Crippen LogP) is 1.90. The van der Waals surface area contributed by atoms with Gasteiger partial charge in [-0.3, -0.25) is 4.79 Å². The van der Waals surface area contributed by atoms with Gasteiger partial charge in [-0.05, 0) is 35.8 Å². The fourth-order valence-corrected chi connectivity index (χ4v) is 5.66. The highest BCUT2D eigenvalue weighted by molar-refractivity contribution is 5.62. The number of aromatic nitrogens is 1. The summed E-state index contributed by atoms with van der Waals surface area (Å²) in [6.07, 6.45) is 0.960. The first-order valence-electron chi connectivity index (χ1n) is 10.2. The summed E-state index contributed by atoms with van der Waals surface area (Å²) in [7, 11) is 1.74. The molecule has 4 heterocycles. The van der Waals surface area contributed by atoms with Crippen LogP contribution < -0.4 is 20.1 Å². The first-order chi connectivity index (χ1) is 13.8. The molecule has 1 aromatic carbocycles. The molecule has 146 valence electrons. The number of anilines is 2. The molecule has 2 unspecified atom stereocenters. The molecular formula is C22H25N3O3. The Bertz CT molecular complexity index is 957. The second kappa shape index (κ2) is 6.01. The van der Waals surface area contributed by atoms with Crippen molar-refractivity contribution in [2.24, 2.45) is 17.8 Å². The van der Waals surface area contributed by atoms with Gasteiger partial charge in [-0.25, -0.2) is 0 Å². The highest BCUT2D eigenvalue weighted by Gasteiger charge is 2.84. The van der Waals surface area contributed by atoms with Crippen LogP contribution in [0.2, 0.25) is 0 Å². The third-order valence-corrected chi connectivity index (χ3v) is 7.05. The Hall–Kier alpha value is -2.47. The number of methoxy groups -OCH3 is 1. The molecule has 2 aliphatic carbocycles. The third kappa shape index (κ3) is 2.40. The van der Waals surface area contributed by atoms with E-state index in [1.165, 1.54) is 5.56 Å². The zero-order chi connectivity index (χ0) is 18.8. The Morgan fingerprint density at radius 2 is 1.93 bits per heavy atom. The molecule has 6 heteroatoms. The summed E-state index contributed by atoms with van der Waals surface area (Å²) in [5, 5.41) is 0. The molecule has 1 N–H and O–H groups in total. The van der Waals surface area contributed by atoms with Gasteiger partial charge >= 0.3 is 0 Å². The van der Waals surface area contributed by atoms with Crippen LogP contribution in [-0.2, 0) is 11.2 Å². The molecule has 0 spiro atoms. The summed E-state index contributed by atoms with van der Waals surface area (Å²) >= 11 is 0. The molecule has 5 fully saturated rings. The SMILES string of the molecule is COc1ccccc1C[C@@H]1[C@@H]2C3C([C@@H]32)N1c1cc(N2CCOCC2)cc(=O)[nH]1. The fraction of sp³-hybridized carbons (Fsp3) is 0.500. The molecule has 2 aromatic rings. The normalized spacial score (nSPS) is 32.2. The molecular weight excluding hydrogens is 354 g/mol. The van der Waals surface area contributed by atoms with E-state index in [9.17, 15) is 4.79 Å². The van der Waals surface area contributed by atoms with Gasteiger partial charge < -0.3 is 24.3 Å². The minimum Gasteiger partial charge on any atom is -0.496 e. The lowest BCUT2D eigenvalue weighted by Gasteiger charge is -2.31. The molecule has 2 bridgehead atoms. The van der Waals surface area contributed by atoms with Crippen LogP contribution in [0.1, 0.15) is 5.56 Å². The Labute approximate surface area is 164 Å². The molecule has 0 amide bonds. The summed E-state index contributed by atoms with van der Waals surface area (Å²) < 4.78 is 11.0. The number of hydrogen-bond acceptors (Lipinski definition) is 5. The first kappa shape index (κ1) is 16.5. The summed E-state index contributed by atoms with van der Waals surface area (Å²) in [5.41, 5.74) is 2.24. The lowest BCUT2D eigenvalue weighted by Crippen LogP contribution is -2.38. The number of nitrogens with zero attached hydrogens (tertiary/aromatic N) is 2. The Balaban J connectivity index is 1.32. The summed E-state index contributed by atoms with van der Waals surface area (Å²) in [6.45, 7) is 3.12. The van der Waals surface area contributed by atoms with Gasteiger partial charge in [0.05, 0.1) is 20.3 Å². The van der Waals surface area contributed by atoms with Crippen LogP contribution in [0.4, 0.5) is 11.5 Å². The Kier molecular flexibility index (Phi) is 3.54. The van der Waals surface area contributed by atoms with E-state index in [0.717, 1.165) is 67.7 Å². The van der Waals surface area contributed by atoms with Crippen LogP contribution in [0.3, 0.4) is 0 Å². The number of morpholine rings is 1. The average molecular weight is 379 g/mol. The Morgan fingerprint density at radius 1 is 1.14 bits per heavy atom. The molecule has 2 saturated carbocycles. The van der Waals surface area contributed by atoms with E-state index >= 15 is 0 Å². The van der Waals surface area contributed by atoms with E-state index in [4.69, 9.17) is 9.47 Å². The molecule has 3 saturated heterocycles. The molecule has 5 aliphatic rings. The zero-order valence-electron chi connectivity index (χ0n) is 16.0. The summed E-state index contributed by atoms with van der Waals surface area (Å²) in [4.78, 5) is 20.3. The summed E-state index contributed by atoms with van der Waals surface area (Å²) in [5.74, 6) is 4.36. The number of ether oxygens (including phenoxy) is 2. The van der Waals surface area contributed by atoms with E-state index in [-0.39, 0.29) is 5.56 Å². The number of rotatable bonds is 5. The largest absolute Gasteiger partial charge is 0.496 e. The number of aromatic amines is 1. The lowest BCUT2D eigenvalue weighted by atomic mass is 10.00. The molecule has 28 heavy (non-hydrogen) atoms. The van der Waals surface area contributed by atoms with Crippen molar-refractivity contribution in [1.82, 2.24) is 4.98 Å². The van der Waals surface area contributed by atoms with Crippen molar-refractivity contribution in [3.63, 3.8) is 0 Å². The minimum atomic E-state index is -0.0193. The summed E-state index contributed by atoms with van der Waals surface area (Å²) in [6, 6.07) is 13.2. The number of fused-ring (bicyclic) bond motifs is 1. The second-order valence-electron chi connectivity index (χ2n) is 8.40. The smallest absolute Gasteiger partial charge is 0.251 e. The zero-order valence-corrected chi connectivity index (χ0v) is 16.0. The van der Waals surface area contributed by atoms with Crippen molar-refractivity contribution >= 4 is 11.5 Å². The van der Waals surface area contributed by atoms with Gasteiger partial charge in [0.25, 0.3) is 5.56 Å². The van der Waals surface area contributed by atoms with Gasteiger partial charge in [0.15, 0.2) is 0 Å². The second-order valence-corrected chi connectivity index (χ2v) is 8.40. The number of hydrogen-bond donors (Lipinski definition) is 1. The van der Waals surface area contributed by atoms with Gasteiger partial charge in [-0.2, -0.15) is 0 Å². The van der Waals surface area contributed by atoms with Crippen molar-refractivity contribution in [1.29, 1.82) is 0 Å². The van der Waals surface area contributed by atoms with Crippen molar-refractivity contribution < 1.29 is 9.47 Å². The number of para-hydroxylation sites is 1. The van der Waals surface area contributed by atoms with E-state index in [0.29, 0.717) is 12.1 Å². The maximum Gasteiger partial charge on any atom is 0.251 e. The van der Waals surface area contributed by atoms with Gasteiger partial charge in [-0.1, -0.05) is 18.2 Å². The standard InChI is InChI=1S/C22H25N3O3/c1-27-16-5-3-2-4-13(16)10-15-19-20-21(19)22(20)25(15)17-11-14(12-18(26)23-17)24-6-8-28-9-7-24/h2-5,11-12,15,19-22H,6-10H2,1H3,(H,23,26)/t15-,19-,20?,21-,22?/m1/s1. The third-order valence-electron chi connectivity index (χ3n) is 7.05. The molecule has 1 aromatic heterocycles. The number of piperidine rings is 1. The van der Waals surface area contributed by atoms with E-state index in [1.807, 2.05) is 12.1 Å². The van der Waals surface area contributed by atoms with Crippen LogP contribution in [0.15, 0.2) is 41.2 Å². The van der Waals surface area contributed by atoms with Crippen LogP contribution in [0, 0.1) is 17.8 Å². The highest BCUT2D eigenvalue weighted by atomic mass is 16.5. The topological polar surface area (TPSA) is 57.8 Å². The van der Waals surface area contributed by atoms with Crippen molar-refractivity contribution in [3.8, 4) is 5.75 Å². The van der Waals surface area contributed by atoms with Crippen molar-refractivity contribution in [2.75, 3.05) is 43.2 Å². The minimum absolute atomic E-state index is 0.0193. The molecule has 0 radical (unpaired) electrons. The van der Waals surface area contributed by atoms with Crippen LogP contribution in [0.25, 0.3) is 0 Å². The van der Waals surface area contributed by atoms with Crippen LogP contribution in [0.5, 0.6) is 5.75 Å². The maximum atomic E-state index is 12.4. The fourth-order valence-electron chi connectivity index (χ4n) is 5.66. The molecule has 3 aliphatic heterocycles. The van der Waals surface area contributed by atoms with Gasteiger partial charge in [0.2, 0.25) is 0 Å². The van der Waals surface area contributed by atoms with Gasteiger partial charge in [-0.15, -0.1) is 0 Å². The van der Waals surface area contributed by atoms with Crippen molar-refractivity contribution in [3.05, 3.63) is 52.3 Å². The molecule has 6 nitrogen and oxygen atoms in total. The quantitative estimate of drug-likeness (QED) is 0.860. The number of H-pyrrole nitrogens is 1. The average Bonchev–Trinajstić information content (AvgIpc) is 3.57. The van der Waals surface area contributed by atoms with Crippen LogP contribution in [-0.4, -0.2) is 50.5 Å². The van der Waals surface area contributed by atoms with E-state index in [2.05, 4.69) is 33.0 Å². The Morgan fingerprint density at radius 3 is 2.71 bits per heavy atom. The predicted molar refractivity (Wildman–Crippen MR) is 107 cm³/mol. The number of pyridine rings is 1. The first-order valence-corrected chi connectivity index (χ1v) is 10.2. The molecule has 7 rings (SSSR count). The number of benzene rings is 1.